The van der Waals surface area contributed by atoms with E-state index in [1.807, 2.05) is 65.7 Å². The zero-order valence-corrected chi connectivity index (χ0v) is 51.3. The Bertz CT molecular complexity index is 3070. The van der Waals surface area contributed by atoms with Gasteiger partial charge < -0.3 is 37.9 Å². The van der Waals surface area contributed by atoms with E-state index in [9.17, 15) is 24.0 Å². The van der Waals surface area contributed by atoms with Gasteiger partial charge in [0, 0.05) is 28.4 Å². The van der Waals surface area contributed by atoms with Crippen LogP contribution >= 0.6 is 23.1 Å². The van der Waals surface area contributed by atoms with Crippen LogP contribution in [0.15, 0.2) is 169 Å². The lowest BCUT2D eigenvalue weighted by molar-refractivity contribution is -0.148. The molecule has 0 saturated heterocycles. The van der Waals surface area contributed by atoms with Gasteiger partial charge in [-0.25, -0.2) is 19.6 Å². The first kappa shape index (κ1) is 66.6. The minimum Gasteiger partial charge on any atom is -0.494 e. The molecule has 0 aliphatic heterocycles. The summed E-state index contributed by atoms with van der Waals surface area (Å²) in [5, 5.41) is 7.62. The highest BCUT2D eigenvalue weighted by Gasteiger charge is 2.33. The van der Waals surface area contributed by atoms with Crippen LogP contribution in [0.2, 0.25) is 0 Å². The van der Waals surface area contributed by atoms with Gasteiger partial charge in [-0.05, 0) is 194 Å². The van der Waals surface area contributed by atoms with Crippen molar-refractivity contribution < 1.29 is 61.9 Å². The van der Waals surface area contributed by atoms with Gasteiger partial charge in [-0.1, -0.05) is 68.0 Å². The maximum absolute atomic E-state index is 14.0. The predicted octanol–water partition coefficient (Wildman–Crippen LogP) is 14.9. The molecule has 18 heteroatoms. The molecule has 0 radical (unpaired) electrons. The quantitative estimate of drug-likeness (QED) is 0.00349. The zero-order valence-electron chi connectivity index (χ0n) is 49.7. The third kappa shape index (κ3) is 23.7. The Kier molecular flexibility index (Phi) is 28.2. The number of carbonyl (C=O) groups excluding carboxylic acids is 5. The maximum atomic E-state index is 14.0. The monoisotopic (exact) mass is 1220 g/mol. The Morgan fingerprint density at radius 3 is 1.79 bits per heavy atom. The third-order valence-corrected chi connectivity index (χ3v) is 16.9. The molecule has 7 rings (SSSR count). The topological polar surface area (TPSA) is 188 Å². The molecule has 462 valence electrons. The number of benzene rings is 4. The summed E-state index contributed by atoms with van der Waals surface area (Å²) < 4.78 is 46.6. The molecule has 4 aromatic carbocycles. The molecule has 2 aliphatic carbocycles. The smallest absolute Gasteiger partial charge is 0.330 e. The summed E-state index contributed by atoms with van der Waals surface area (Å²) >= 11 is 3.28. The number of hydrazone groups is 1. The Hall–Kier alpha value is -7.96. The Morgan fingerprint density at radius 1 is 0.586 bits per heavy atom. The zero-order chi connectivity index (χ0) is 61.4. The fourth-order valence-corrected chi connectivity index (χ4v) is 11.7. The number of ether oxygens (including phenoxy) is 8. The first-order valence-electron chi connectivity index (χ1n) is 30.2. The number of hydrogen-bond acceptors (Lipinski definition) is 18. The van der Waals surface area contributed by atoms with Crippen molar-refractivity contribution in [2.24, 2.45) is 28.8 Å². The fraction of sp³-hybridized carbons (Fsp3) is 0.406. The van der Waals surface area contributed by atoms with Crippen LogP contribution in [-0.4, -0.2) is 86.4 Å². The molecule has 0 N–H and O–H groups in total. The minimum atomic E-state index is -0.437. The van der Waals surface area contributed by atoms with Crippen LogP contribution in [0.5, 0.6) is 23.0 Å². The molecule has 5 aromatic rings. The second-order valence-electron chi connectivity index (χ2n) is 21.4. The number of allylic oxidation sites excluding steroid dienone is 2. The van der Waals surface area contributed by atoms with Crippen molar-refractivity contribution in [1.29, 1.82) is 0 Å². The van der Waals surface area contributed by atoms with Crippen LogP contribution in [0, 0.1) is 23.7 Å². The van der Waals surface area contributed by atoms with Crippen molar-refractivity contribution in [2.45, 2.75) is 114 Å². The van der Waals surface area contributed by atoms with Crippen molar-refractivity contribution in [3.8, 4) is 23.0 Å². The number of esters is 5. The van der Waals surface area contributed by atoms with E-state index in [2.05, 4.69) is 38.4 Å². The normalized spacial score (nSPS) is 16.6. The van der Waals surface area contributed by atoms with E-state index < -0.39 is 35.7 Å². The van der Waals surface area contributed by atoms with Crippen LogP contribution in [0.25, 0.3) is 10.2 Å². The van der Waals surface area contributed by atoms with Gasteiger partial charge in [-0.3, -0.25) is 14.4 Å². The molecule has 0 atom stereocenters. The van der Waals surface area contributed by atoms with Crippen LogP contribution in [0.1, 0.15) is 115 Å². The number of hydrogen-bond donors (Lipinski definition) is 0. The summed E-state index contributed by atoms with van der Waals surface area (Å²) in [6.45, 7) is 17.4. The third-order valence-electron chi connectivity index (χ3n) is 14.9. The van der Waals surface area contributed by atoms with Gasteiger partial charge in [0.1, 0.15) is 34.5 Å². The summed E-state index contributed by atoms with van der Waals surface area (Å²) in [6, 6.07) is 30.7. The second kappa shape index (κ2) is 36.9. The molecule has 0 amide bonds. The first-order valence-corrected chi connectivity index (χ1v) is 32.0. The molecule has 0 bridgehead atoms. The summed E-state index contributed by atoms with van der Waals surface area (Å²) in [6.07, 6.45) is 19.9. The first-order chi connectivity index (χ1) is 42.4. The number of anilines is 1. The standard InChI is InChI=1S/C69H81N3O13S2/c1-5-64(73)81-44-18-9-7-16-42-78-50(3)24-25-51(4)83-66(75)54-30-32-55(33-31-54)68(77)85-62-39-38-59(48-56(62)49-70-72(41-47-86-60-20-12-11-13-21-60)69-71-61-22-14-15-23-63(61)87-69)80-46-40-52-26-28-53(29-27-52)67(76)84-58-36-34-57(35-37-58)79-43-17-8-10-19-45-82-65(74)6-2/h5-6,11-15,20-25,34-39,48-49,52-55H,1-4,7-10,16-19,26-33,40-47H2/b25-24-,70-49+. The largest absolute Gasteiger partial charge is 0.494 e. The van der Waals surface area contributed by atoms with E-state index in [-0.39, 0.29) is 17.6 Å². The van der Waals surface area contributed by atoms with Crippen LogP contribution in [0.3, 0.4) is 0 Å². The number of unbranched alkanes of at least 4 members (excludes halogenated alkanes) is 6. The molecule has 2 aliphatic rings. The molecule has 87 heavy (non-hydrogen) atoms. The molecule has 16 nitrogen and oxygen atoms in total. The van der Waals surface area contributed by atoms with Crippen molar-refractivity contribution in [1.82, 2.24) is 4.98 Å². The van der Waals surface area contributed by atoms with Gasteiger partial charge in [-0.15, -0.1) is 11.8 Å². The molecule has 2 fully saturated rings. The van der Waals surface area contributed by atoms with E-state index in [4.69, 9.17) is 48.0 Å². The lowest BCUT2D eigenvalue weighted by atomic mass is 9.81. The number of carbonyl (C=O) groups is 5. The van der Waals surface area contributed by atoms with Gasteiger partial charge >= 0.3 is 29.8 Å². The van der Waals surface area contributed by atoms with Gasteiger partial charge in [-0.2, -0.15) is 5.10 Å². The van der Waals surface area contributed by atoms with E-state index in [1.54, 1.807) is 65.7 Å². The lowest BCUT2D eigenvalue weighted by Gasteiger charge is -2.27. The Labute approximate surface area is 519 Å². The van der Waals surface area contributed by atoms with Crippen molar-refractivity contribution in [3.05, 3.63) is 165 Å². The molecule has 0 spiro atoms. The van der Waals surface area contributed by atoms with E-state index in [0.29, 0.717) is 106 Å². The van der Waals surface area contributed by atoms with Crippen molar-refractivity contribution in [2.75, 3.05) is 50.3 Å². The Morgan fingerprint density at radius 2 is 1.14 bits per heavy atom. The SMILES string of the molecule is C=CC(=O)OCCCCCCOC(=C)/C=C\C(=C)OC(=O)C1CCC(C(=O)Oc2ccc(OCCC3CCC(C(=O)Oc4ccc(OCCCCCCOC(=O)C=C)cc4)CC3)cc2/C=N/N(CCSc2ccccc2)c2nc3ccccc3s2)CC1. The van der Waals surface area contributed by atoms with E-state index in [0.717, 1.165) is 116 Å². The summed E-state index contributed by atoms with van der Waals surface area (Å²) in [7, 11) is 0. The highest BCUT2D eigenvalue weighted by molar-refractivity contribution is 7.99. The van der Waals surface area contributed by atoms with E-state index >= 15 is 0 Å². The van der Waals surface area contributed by atoms with E-state index in [1.165, 1.54) is 6.08 Å². The van der Waals surface area contributed by atoms with Gasteiger partial charge in [0.25, 0.3) is 0 Å². The predicted molar refractivity (Wildman–Crippen MR) is 341 cm³/mol. The van der Waals surface area contributed by atoms with Gasteiger partial charge in [0.15, 0.2) is 0 Å². The number of rotatable bonds is 37. The average molecular weight is 1220 g/mol. The average Bonchev–Trinajstić information content (AvgIpc) is 3.05. The molecular formula is C69H81N3O13S2. The van der Waals surface area contributed by atoms with Crippen LogP contribution < -0.4 is 24.0 Å². The molecule has 1 aromatic heterocycles. The summed E-state index contributed by atoms with van der Waals surface area (Å²) in [5.74, 6) is 0.934. The summed E-state index contributed by atoms with van der Waals surface area (Å²) in [4.78, 5) is 68.9. The molecule has 0 unspecified atom stereocenters. The highest BCUT2D eigenvalue weighted by atomic mass is 32.2. The molecule has 2 saturated carbocycles. The fourth-order valence-electron chi connectivity index (χ4n) is 9.92. The number of para-hydroxylation sites is 1. The Balaban J connectivity index is 0.897. The number of aromatic nitrogens is 1. The van der Waals surface area contributed by atoms with Crippen LogP contribution in [-0.2, 0) is 42.9 Å². The maximum Gasteiger partial charge on any atom is 0.330 e. The second-order valence-corrected chi connectivity index (χ2v) is 23.5. The molecular weight excluding hydrogens is 1140 g/mol. The van der Waals surface area contributed by atoms with Crippen molar-refractivity contribution in [3.63, 3.8) is 0 Å². The van der Waals surface area contributed by atoms with Crippen LogP contribution in [0.4, 0.5) is 5.13 Å². The number of thiazole rings is 1. The van der Waals surface area contributed by atoms with Gasteiger partial charge in [0.2, 0.25) is 5.13 Å². The lowest BCUT2D eigenvalue weighted by Crippen LogP contribution is -2.29. The molecule has 1 heterocycles. The number of nitrogens with zero attached hydrogens (tertiary/aromatic N) is 3. The van der Waals surface area contributed by atoms with Gasteiger partial charge in [0.05, 0.1) is 73.8 Å². The number of fused-ring (bicyclic) bond motifs is 1. The summed E-state index contributed by atoms with van der Waals surface area (Å²) in [5.41, 5.74) is 1.43. The van der Waals surface area contributed by atoms with Crippen molar-refractivity contribution >= 4 is 74.5 Å². The number of thioether (sulfide) groups is 1. The highest BCUT2D eigenvalue weighted by Crippen LogP contribution is 2.36. The minimum absolute atomic E-state index is 0.163.